The fraction of sp³-hybridized carbons (Fsp3) is 0.222. The van der Waals surface area contributed by atoms with Crippen LogP contribution in [0.4, 0.5) is 5.95 Å². The van der Waals surface area contributed by atoms with E-state index in [1.54, 1.807) is 24.0 Å². The maximum atomic E-state index is 14.0. The second-order valence-electron chi connectivity index (χ2n) is 8.29. The quantitative estimate of drug-likeness (QED) is 0.337. The Morgan fingerprint density at radius 1 is 1.06 bits per heavy atom. The lowest BCUT2D eigenvalue weighted by molar-refractivity contribution is -0.153. The number of carbonyl (C=O) groups excluding carboxylic acids is 2. The van der Waals surface area contributed by atoms with Crippen molar-refractivity contribution in [3.05, 3.63) is 83.9 Å². The largest absolute Gasteiger partial charge is 0.504 e. The van der Waals surface area contributed by atoms with Crippen molar-refractivity contribution < 1.29 is 24.2 Å². The first-order valence-corrected chi connectivity index (χ1v) is 11.4. The third kappa shape index (κ3) is 3.86. The number of phenols is 1. The number of phenolic OH excluding ortho intramolecular Hbond substituents is 1. The summed E-state index contributed by atoms with van der Waals surface area (Å²) in [6, 6.07) is 21.2. The van der Waals surface area contributed by atoms with Crippen molar-refractivity contribution >= 4 is 28.9 Å². The normalized spacial score (nSPS) is 17.3. The summed E-state index contributed by atoms with van der Waals surface area (Å²) in [7, 11) is 1.45. The molecule has 35 heavy (non-hydrogen) atoms. The van der Waals surface area contributed by atoms with E-state index in [1.165, 1.54) is 13.2 Å². The number of nitrogens with zero attached hydrogens (tertiary/aromatic N) is 3. The van der Waals surface area contributed by atoms with Crippen molar-refractivity contribution in [3.63, 3.8) is 0 Å². The van der Waals surface area contributed by atoms with E-state index in [-0.39, 0.29) is 24.7 Å². The summed E-state index contributed by atoms with van der Waals surface area (Å²) in [6.07, 6.45) is 0. The molecule has 0 saturated heterocycles. The predicted octanol–water partition coefficient (Wildman–Crippen LogP) is 4.07. The van der Waals surface area contributed by atoms with Crippen molar-refractivity contribution in [2.24, 2.45) is 5.92 Å². The average Bonchev–Trinajstić information content (AvgIpc) is 3.26. The fourth-order valence-electron chi connectivity index (χ4n) is 4.64. The highest BCUT2D eigenvalue weighted by molar-refractivity contribution is 6.08. The van der Waals surface area contributed by atoms with Crippen LogP contribution in [0.1, 0.15) is 24.1 Å². The highest BCUT2D eigenvalue weighted by atomic mass is 16.5. The average molecular weight is 472 g/mol. The van der Waals surface area contributed by atoms with Gasteiger partial charge in [-0.1, -0.05) is 48.5 Å². The molecule has 8 nitrogen and oxygen atoms in total. The van der Waals surface area contributed by atoms with Gasteiger partial charge in [0.1, 0.15) is 0 Å². The Bertz CT molecular complexity index is 1400. The standard InChI is InChI=1S/C27H25N3O5/c1-3-35-26(33)23-24(18-13-14-21(31)22(15-18)34-2)30-20-12-8-7-11-19(20)28-27(30)29(25(23)32)16-17-9-5-4-6-10-17/h4-15,23-24,31H,3,16H2,1-2H3. The number of hydrogen-bond donors (Lipinski definition) is 1. The number of aromatic nitrogens is 2. The number of rotatable bonds is 6. The Balaban J connectivity index is 1.76. The predicted molar refractivity (Wildman–Crippen MR) is 130 cm³/mol. The zero-order valence-corrected chi connectivity index (χ0v) is 19.4. The summed E-state index contributed by atoms with van der Waals surface area (Å²) in [6.45, 7) is 2.11. The molecule has 1 aromatic heterocycles. The molecule has 2 unspecified atom stereocenters. The number of hydrogen-bond acceptors (Lipinski definition) is 6. The summed E-state index contributed by atoms with van der Waals surface area (Å²) in [4.78, 5) is 33.6. The monoisotopic (exact) mass is 471 g/mol. The number of esters is 1. The van der Waals surface area contributed by atoms with Crippen molar-refractivity contribution in [3.8, 4) is 11.5 Å². The molecule has 1 aliphatic rings. The third-order valence-electron chi connectivity index (χ3n) is 6.21. The topological polar surface area (TPSA) is 93.9 Å². The van der Waals surface area contributed by atoms with Crippen LogP contribution < -0.4 is 9.64 Å². The van der Waals surface area contributed by atoms with E-state index >= 15 is 0 Å². The van der Waals surface area contributed by atoms with Gasteiger partial charge in [-0.3, -0.25) is 14.5 Å². The highest BCUT2D eigenvalue weighted by Crippen LogP contribution is 2.43. The van der Waals surface area contributed by atoms with Gasteiger partial charge in [0.25, 0.3) is 0 Å². The van der Waals surface area contributed by atoms with Gasteiger partial charge in [-0.15, -0.1) is 0 Å². The van der Waals surface area contributed by atoms with Gasteiger partial charge in [-0.2, -0.15) is 0 Å². The maximum Gasteiger partial charge on any atom is 0.321 e. The van der Waals surface area contributed by atoms with E-state index in [1.807, 2.05) is 59.2 Å². The molecule has 0 saturated carbocycles. The fourth-order valence-corrected chi connectivity index (χ4v) is 4.64. The van der Waals surface area contributed by atoms with Gasteiger partial charge >= 0.3 is 5.97 Å². The van der Waals surface area contributed by atoms with Gasteiger partial charge in [0.2, 0.25) is 11.9 Å². The van der Waals surface area contributed by atoms with Crippen LogP contribution in [-0.4, -0.2) is 40.3 Å². The Hall–Kier alpha value is -4.33. The molecule has 0 aliphatic carbocycles. The molecule has 0 fully saturated rings. The van der Waals surface area contributed by atoms with Crippen LogP contribution in [0.25, 0.3) is 11.0 Å². The van der Waals surface area contributed by atoms with Crippen molar-refractivity contribution in [1.82, 2.24) is 9.55 Å². The molecule has 1 N–H and O–H groups in total. The molecule has 1 amide bonds. The lowest BCUT2D eigenvalue weighted by atomic mass is 9.89. The third-order valence-corrected chi connectivity index (χ3v) is 6.21. The molecule has 2 atom stereocenters. The summed E-state index contributed by atoms with van der Waals surface area (Å²) in [5.74, 6) is -1.51. The minimum atomic E-state index is -1.15. The summed E-state index contributed by atoms with van der Waals surface area (Å²) in [5, 5.41) is 10.2. The number of methoxy groups -OCH3 is 1. The molecule has 0 radical (unpaired) electrons. The first-order valence-electron chi connectivity index (χ1n) is 11.4. The number of para-hydroxylation sites is 2. The van der Waals surface area contributed by atoms with Gasteiger partial charge in [0.15, 0.2) is 17.4 Å². The number of amides is 1. The Labute approximate surface area is 202 Å². The van der Waals surface area contributed by atoms with Crippen LogP contribution in [0, 0.1) is 5.92 Å². The molecular weight excluding hydrogens is 446 g/mol. The number of ether oxygens (including phenoxy) is 2. The second kappa shape index (κ2) is 9.13. The van der Waals surface area contributed by atoms with Crippen LogP contribution in [0.3, 0.4) is 0 Å². The minimum absolute atomic E-state index is 0.0347. The summed E-state index contributed by atoms with van der Waals surface area (Å²) in [5.41, 5.74) is 3.01. The molecule has 0 bridgehead atoms. The molecule has 0 spiro atoms. The highest BCUT2D eigenvalue weighted by Gasteiger charge is 2.48. The maximum absolute atomic E-state index is 14.0. The van der Waals surface area contributed by atoms with E-state index in [9.17, 15) is 14.7 Å². The summed E-state index contributed by atoms with van der Waals surface area (Å²) < 4.78 is 12.6. The van der Waals surface area contributed by atoms with Crippen LogP contribution in [0.15, 0.2) is 72.8 Å². The molecule has 5 rings (SSSR count). The van der Waals surface area contributed by atoms with Gasteiger partial charge in [-0.25, -0.2) is 4.98 Å². The molecule has 2 heterocycles. The Morgan fingerprint density at radius 3 is 2.54 bits per heavy atom. The lowest BCUT2D eigenvalue weighted by Gasteiger charge is -2.38. The van der Waals surface area contributed by atoms with E-state index in [4.69, 9.17) is 14.5 Å². The van der Waals surface area contributed by atoms with Crippen LogP contribution >= 0.6 is 0 Å². The zero-order chi connectivity index (χ0) is 24.5. The number of aromatic hydroxyl groups is 1. The smallest absolute Gasteiger partial charge is 0.321 e. The number of benzene rings is 3. The van der Waals surface area contributed by atoms with Crippen LogP contribution in [-0.2, 0) is 20.9 Å². The van der Waals surface area contributed by atoms with Gasteiger partial charge in [0.05, 0.1) is 37.3 Å². The first kappa shape index (κ1) is 22.5. The summed E-state index contributed by atoms with van der Waals surface area (Å²) >= 11 is 0. The van der Waals surface area contributed by atoms with Gasteiger partial charge < -0.3 is 19.1 Å². The second-order valence-corrected chi connectivity index (χ2v) is 8.29. The number of imidazole rings is 1. The molecular formula is C27H25N3O5. The SMILES string of the molecule is CCOC(=O)C1C(=O)N(Cc2ccccc2)c2nc3ccccc3n2C1c1ccc(O)c(OC)c1. The molecule has 178 valence electrons. The molecule has 8 heteroatoms. The first-order chi connectivity index (χ1) is 17.0. The molecule has 4 aromatic rings. The minimum Gasteiger partial charge on any atom is -0.504 e. The van der Waals surface area contributed by atoms with E-state index < -0.39 is 23.8 Å². The van der Waals surface area contributed by atoms with Crippen molar-refractivity contribution in [2.75, 3.05) is 18.6 Å². The number of anilines is 1. The van der Waals surface area contributed by atoms with E-state index in [2.05, 4.69) is 0 Å². The Kier molecular flexibility index (Phi) is 5.86. The van der Waals surface area contributed by atoms with Crippen molar-refractivity contribution in [2.45, 2.75) is 19.5 Å². The Morgan fingerprint density at radius 2 is 1.80 bits per heavy atom. The van der Waals surface area contributed by atoms with Gasteiger partial charge in [0, 0.05) is 0 Å². The molecule has 3 aromatic carbocycles. The molecule has 1 aliphatic heterocycles. The van der Waals surface area contributed by atoms with Crippen LogP contribution in [0.2, 0.25) is 0 Å². The van der Waals surface area contributed by atoms with E-state index in [0.29, 0.717) is 17.0 Å². The van der Waals surface area contributed by atoms with Gasteiger partial charge in [-0.05, 0) is 42.3 Å². The lowest BCUT2D eigenvalue weighted by Crippen LogP contribution is -2.49. The van der Waals surface area contributed by atoms with Crippen molar-refractivity contribution in [1.29, 1.82) is 0 Å². The van der Waals surface area contributed by atoms with Crippen LogP contribution in [0.5, 0.6) is 11.5 Å². The number of fused-ring (bicyclic) bond motifs is 3. The zero-order valence-electron chi connectivity index (χ0n) is 19.4. The number of carbonyl (C=O) groups is 2. The van der Waals surface area contributed by atoms with E-state index in [0.717, 1.165) is 11.1 Å².